The van der Waals surface area contributed by atoms with Crippen molar-refractivity contribution >= 4 is 17.4 Å². The molecule has 2 rings (SSSR count). The zero-order valence-corrected chi connectivity index (χ0v) is 15.0. The first-order valence-electron chi connectivity index (χ1n) is 8.30. The number of aryl methyl sites for hydroxylation is 1. The van der Waals surface area contributed by atoms with E-state index in [1.165, 1.54) is 0 Å². The fourth-order valence-electron chi connectivity index (χ4n) is 2.58. The molecule has 24 heavy (non-hydrogen) atoms. The third kappa shape index (κ3) is 5.48. The molecule has 0 fully saturated rings. The SMILES string of the molecule is CCOC(Cn1cc(Cl)cc1C(=O)CCc1ccccc1)OCC. The number of halogens is 1. The second-order valence-electron chi connectivity index (χ2n) is 5.44. The molecule has 0 spiro atoms. The van der Waals surface area contributed by atoms with Crippen molar-refractivity contribution in [2.75, 3.05) is 13.2 Å². The Hall–Kier alpha value is -1.62. The average molecular weight is 350 g/mol. The first kappa shape index (κ1) is 18.7. The number of carbonyl (C=O) groups excluding carboxylic acids is 1. The molecule has 1 aromatic heterocycles. The minimum Gasteiger partial charge on any atom is -0.351 e. The van der Waals surface area contributed by atoms with E-state index in [4.69, 9.17) is 21.1 Å². The van der Waals surface area contributed by atoms with Crippen LogP contribution in [0, 0.1) is 0 Å². The van der Waals surface area contributed by atoms with E-state index >= 15 is 0 Å². The Morgan fingerprint density at radius 3 is 2.46 bits per heavy atom. The number of hydrogen-bond donors (Lipinski definition) is 0. The summed E-state index contributed by atoms with van der Waals surface area (Å²) in [5.74, 6) is 0.0671. The first-order valence-corrected chi connectivity index (χ1v) is 8.67. The Morgan fingerprint density at radius 1 is 1.17 bits per heavy atom. The molecule has 0 saturated heterocycles. The summed E-state index contributed by atoms with van der Waals surface area (Å²) in [6.45, 7) is 5.38. The number of ketones is 1. The van der Waals surface area contributed by atoms with E-state index in [0.717, 1.165) is 5.56 Å². The molecule has 2 aromatic rings. The van der Waals surface area contributed by atoms with Crippen LogP contribution < -0.4 is 0 Å². The lowest BCUT2D eigenvalue weighted by molar-refractivity contribution is -0.143. The van der Waals surface area contributed by atoms with Gasteiger partial charge >= 0.3 is 0 Å². The zero-order valence-electron chi connectivity index (χ0n) is 14.2. The van der Waals surface area contributed by atoms with E-state index in [2.05, 4.69) is 0 Å². The summed E-state index contributed by atoms with van der Waals surface area (Å²) in [4.78, 5) is 12.6. The van der Waals surface area contributed by atoms with E-state index in [0.29, 0.717) is 43.3 Å². The van der Waals surface area contributed by atoms with Crippen molar-refractivity contribution in [1.29, 1.82) is 0 Å². The van der Waals surface area contributed by atoms with Crippen LogP contribution in [0.5, 0.6) is 0 Å². The molecule has 5 heteroatoms. The van der Waals surface area contributed by atoms with Gasteiger partial charge in [-0.2, -0.15) is 0 Å². The second kappa shape index (κ2) is 9.62. The molecule has 0 saturated carbocycles. The molecule has 1 heterocycles. The number of aromatic nitrogens is 1. The van der Waals surface area contributed by atoms with Crippen molar-refractivity contribution in [3.05, 3.63) is 58.9 Å². The molecule has 0 aliphatic carbocycles. The topological polar surface area (TPSA) is 40.5 Å². The van der Waals surface area contributed by atoms with E-state index in [1.54, 1.807) is 12.3 Å². The maximum atomic E-state index is 12.6. The van der Waals surface area contributed by atoms with Crippen LogP contribution in [0.15, 0.2) is 42.6 Å². The Labute approximate surface area is 148 Å². The summed E-state index contributed by atoms with van der Waals surface area (Å²) in [5, 5.41) is 0.546. The van der Waals surface area contributed by atoms with Gasteiger partial charge in [0.05, 0.1) is 17.3 Å². The van der Waals surface area contributed by atoms with Crippen LogP contribution in [-0.2, 0) is 22.4 Å². The van der Waals surface area contributed by atoms with Gasteiger partial charge in [0.25, 0.3) is 0 Å². The fourth-order valence-corrected chi connectivity index (χ4v) is 2.80. The lowest BCUT2D eigenvalue weighted by Crippen LogP contribution is -2.25. The van der Waals surface area contributed by atoms with Gasteiger partial charge in [0.2, 0.25) is 0 Å². The predicted molar refractivity (Wildman–Crippen MR) is 95.6 cm³/mol. The molecule has 130 valence electrons. The van der Waals surface area contributed by atoms with Crippen molar-refractivity contribution in [2.45, 2.75) is 39.5 Å². The third-order valence-electron chi connectivity index (χ3n) is 3.68. The minimum atomic E-state index is -0.385. The normalized spacial score (nSPS) is 11.2. The Bertz CT molecular complexity index is 633. The number of benzene rings is 1. The largest absolute Gasteiger partial charge is 0.351 e. The Balaban J connectivity index is 2.05. The van der Waals surface area contributed by atoms with Crippen LogP contribution in [0.25, 0.3) is 0 Å². The van der Waals surface area contributed by atoms with Gasteiger partial charge in [-0.15, -0.1) is 0 Å². The highest BCUT2D eigenvalue weighted by molar-refractivity contribution is 6.31. The highest BCUT2D eigenvalue weighted by Crippen LogP contribution is 2.18. The summed E-state index contributed by atoms with van der Waals surface area (Å²) in [6, 6.07) is 11.7. The third-order valence-corrected chi connectivity index (χ3v) is 3.89. The van der Waals surface area contributed by atoms with Crippen molar-refractivity contribution in [3.8, 4) is 0 Å². The highest BCUT2D eigenvalue weighted by Gasteiger charge is 2.17. The monoisotopic (exact) mass is 349 g/mol. The summed E-state index contributed by atoms with van der Waals surface area (Å²) >= 11 is 6.11. The van der Waals surface area contributed by atoms with Crippen molar-refractivity contribution in [1.82, 2.24) is 4.57 Å². The number of Topliss-reactive ketones (excluding diaryl/α,β-unsaturated/α-hetero) is 1. The molecular formula is C19H24ClNO3. The smallest absolute Gasteiger partial charge is 0.179 e. The lowest BCUT2D eigenvalue weighted by atomic mass is 10.1. The molecule has 0 radical (unpaired) electrons. The van der Waals surface area contributed by atoms with Crippen molar-refractivity contribution in [2.24, 2.45) is 0 Å². The highest BCUT2D eigenvalue weighted by atomic mass is 35.5. The van der Waals surface area contributed by atoms with Crippen molar-refractivity contribution in [3.63, 3.8) is 0 Å². The number of rotatable bonds is 10. The van der Waals surface area contributed by atoms with Crippen LogP contribution in [0.1, 0.15) is 36.3 Å². The van der Waals surface area contributed by atoms with E-state index in [1.807, 2.05) is 48.7 Å². The van der Waals surface area contributed by atoms with Crippen LogP contribution >= 0.6 is 11.6 Å². The van der Waals surface area contributed by atoms with Crippen LogP contribution in [0.3, 0.4) is 0 Å². The molecule has 0 aliphatic heterocycles. The molecule has 0 atom stereocenters. The van der Waals surface area contributed by atoms with Gasteiger partial charge in [-0.05, 0) is 31.9 Å². The molecule has 1 aromatic carbocycles. The summed E-state index contributed by atoms with van der Waals surface area (Å²) in [5.41, 5.74) is 1.75. The van der Waals surface area contributed by atoms with Gasteiger partial charge < -0.3 is 14.0 Å². The minimum absolute atomic E-state index is 0.0671. The maximum Gasteiger partial charge on any atom is 0.179 e. The number of nitrogens with zero attached hydrogens (tertiary/aromatic N) is 1. The molecule has 0 bridgehead atoms. The molecule has 0 N–H and O–H groups in total. The summed E-state index contributed by atoms with van der Waals surface area (Å²) < 4.78 is 12.9. The molecule has 4 nitrogen and oxygen atoms in total. The summed E-state index contributed by atoms with van der Waals surface area (Å²) in [6.07, 6.45) is 2.52. The fraction of sp³-hybridized carbons (Fsp3) is 0.421. The van der Waals surface area contributed by atoms with Crippen LogP contribution in [-0.4, -0.2) is 29.9 Å². The number of ether oxygens (including phenoxy) is 2. The lowest BCUT2D eigenvalue weighted by Gasteiger charge is -2.19. The van der Waals surface area contributed by atoms with Crippen molar-refractivity contribution < 1.29 is 14.3 Å². The number of carbonyl (C=O) groups is 1. The zero-order chi connectivity index (χ0) is 17.4. The van der Waals surface area contributed by atoms with Crippen LogP contribution in [0.4, 0.5) is 0 Å². The van der Waals surface area contributed by atoms with E-state index in [9.17, 15) is 4.79 Å². The van der Waals surface area contributed by atoms with Gasteiger partial charge in [-0.1, -0.05) is 41.9 Å². The first-order chi connectivity index (χ1) is 11.6. The van der Waals surface area contributed by atoms with E-state index < -0.39 is 0 Å². The van der Waals surface area contributed by atoms with Gasteiger partial charge in [-0.3, -0.25) is 4.79 Å². The Kier molecular flexibility index (Phi) is 7.50. The predicted octanol–water partition coefficient (Wildman–Crippen LogP) is 4.36. The second-order valence-corrected chi connectivity index (χ2v) is 5.88. The Morgan fingerprint density at radius 2 is 1.83 bits per heavy atom. The molecule has 0 amide bonds. The van der Waals surface area contributed by atoms with Gasteiger partial charge in [0.1, 0.15) is 0 Å². The summed E-state index contributed by atoms with van der Waals surface area (Å²) in [7, 11) is 0. The van der Waals surface area contributed by atoms with Crippen LogP contribution in [0.2, 0.25) is 5.02 Å². The standard InChI is InChI=1S/C19H24ClNO3/c1-3-23-19(24-4-2)14-21-13-16(20)12-17(21)18(22)11-10-15-8-6-5-7-9-15/h5-9,12-13,19H,3-4,10-11,14H2,1-2H3. The molecule has 0 aliphatic rings. The van der Waals surface area contributed by atoms with Gasteiger partial charge in [-0.25, -0.2) is 0 Å². The average Bonchev–Trinajstić information content (AvgIpc) is 2.94. The quantitative estimate of drug-likeness (QED) is 0.472. The molecular weight excluding hydrogens is 326 g/mol. The number of hydrogen-bond acceptors (Lipinski definition) is 3. The van der Waals surface area contributed by atoms with Gasteiger partial charge in [0, 0.05) is 25.8 Å². The van der Waals surface area contributed by atoms with E-state index in [-0.39, 0.29) is 12.1 Å². The van der Waals surface area contributed by atoms with Gasteiger partial charge in [0.15, 0.2) is 12.1 Å². The maximum absolute atomic E-state index is 12.6. The molecule has 0 unspecified atom stereocenters.